The number of piperidine rings is 1. The topological polar surface area (TPSA) is 92.8 Å². The number of carbonyl (C=O) groups excluding carboxylic acids is 2. The number of thiophene rings is 1. The highest BCUT2D eigenvalue weighted by atomic mass is 32.2. The summed E-state index contributed by atoms with van der Waals surface area (Å²) >= 11 is 1.06. The van der Waals surface area contributed by atoms with Gasteiger partial charge < -0.3 is 9.64 Å². The molecule has 2 rings (SSSR count). The molecule has 23 heavy (non-hydrogen) atoms. The zero-order valence-corrected chi connectivity index (χ0v) is 14.5. The quantitative estimate of drug-likeness (QED) is 0.759. The summed E-state index contributed by atoms with van der Waals surface area (Å²) in [5.41, 5.74) is 0. The molecule has 0 bridgehead atoms. The first-order valence-corrected chi connectivity index (χ1v) is 9.71. The molecule has 1 aliphatic rings. The SMILES string of the molecule is CC1CCCN(C(=O)COC(=O)CNS(=O)(=O)c2cccs2)C1. The second-order valence-corrected chi connectivity index (χ2v) is 8.45. The number of esters is 1. The number of hydrogen-bond donors (Lipinski definition) is 1. The van der Waals surface area contributed by atoms with Crippen molar-refractivity contribution in [2.24, 2.45) is 5.92 Å². The van der Waals surface area contributed by atoms with Crippen LogP contribution in [-0.4, -0.2) is 51.4 Å². The highest BCUT2D eigenvalue weighted by molar-refractivity contribution is 7.91. The van der Waals surface area contributed by atoms with E-state index in [4.69, 9.17) is 4.74 Å². The van der Waals surface area contributed by atoms with Gasteiger partial charge in [-0.1, -0.05) is 13.0 Å². The smallest absolute Gasteiger partial charge is 0.321 e. The maximum absolute atomic E-state index is 11.9. The lowest BCUT2D eigenvalue weighted by molar-refractivity contribution is -0.151. The van der Waals surface area contributed by atoms with E-state index < -0.39 is 22.5 Å². The molecular formula is C14H20N2O5S2. The molecule has 1 N–H and O–H groups in total. The van der Waals surface area contributed by atoms with Crippen LogP contribution in [0.3, 0.4) is 0 Å². The van der Waals surface area contributed by atoms with Crippen molar-refractivity contribution in [3.05, 3.63) is 17.5 Å². The van der Waals surface area contributed by atoms with Crippen LogP contribution in [0.5, 0.6) is 0 Å². The minimum atomic E-state index is -3.71. The fraction of sp³-hybridized carbons (Fsp3) is 0.571. The Hall–Kier alpha value is -1.45. The Balaban J connectivity index is 1.74. The average molecular weight is 360 g/mol. The Bertz CT molecular complexity index is 642. The van der Waals surface area contributed by atoms with Gasteiger partial charge in [-0.2, -0.15) is 4.72 Å². The summed E-state index contributed by atoms with van der Waals surface area (Å²) in [4.78, 5) is 25.2. The van der Waals surface area contributed by atoms with Gasteiger partial charge >= 0.3 is 5.97 Å². The summed E-state index contributed by atoms with van der Waals surface area (Å²) in [5, 5.41) is 1.63. The van der Waals surface area contributed by atoms with E-state index in [9.17, 15) is 18.0 Å². The standard InChI is InChI=1S/C14H20N2O5S2/c1-11-4-2-6-16(9-11)12(17)10-21-13(18)8-15-23(19,20)14-5-3-7-22-14/h3,5,7,11,15H,2,4,6,8-10H2,1H3. The van der Waals surface area contributed by atoms with Crippen molar-refractivity contribution in [1.82, 2.24) is 9.62 Å². The fourth-order valence-corrected chi connectivity index (χ4v) is 4.35. The Morgan fingerprint density at radius 3 is 2.91 bits per heavy atom. The minimum Gasteiger partial charge on any atom is -0.455 e. The van der Waals surface area contributed by atoms with Crippen LogP contribution in [0.15, 0.2) is 21.7 Å². The van der Waals surface area contributed by atoms with Crippen LogP contribution in [0.2, 0.25) is 0 Å². The maximum Gasteiger partial charge on any atom is 0.321 e. The molecule has 0 spiro atoms. The lowest BCUT2D eigenvalue weighted by Crippen LogP contribution is -2.42. The molecule has 1 aliphatic heterocycles. The lowest BCUT2D eigenvalue weighted by atomic mass is 10.0. The summed E-state index contributed by atoms with van der Waals surface area (Å²) in [5.74, 6) is -0.574. The first kappa shape index (κ1) is 17.9. The lowest BCUT2D eigenvalue weighted by Gasteiger charge is -2.30. The van der Waals surface area contributed by atoms with Crippen LogP contribution in [0.4, 0.5) is 0 Å². The minimum absolute atomic E-state index is 0.128. The maximum atomic E-state index is 11.9. The molecule has 1 amide bonds. The van der Waals surface area contributed by atoms with Gasteiger partial charge in [0.05, 0.1) is 0 Å². The molecule has 2 heterocycles. The molecule has 1 unspecified atom stereocenters. The Labute approximate surface area is 139 Å². The van der Waals surface area contributed by atoms with Gasteiger partial charge in [-0.05, 0) is 30.2 Å². The largest absolute Gasteiger partial charge is 0.455 e. The number of ether oxygens (including phenoxy) is 1. The van der Waals surface area contributed by atoms with Crippen LogP contribution < -0.4 is 4.72 Å². The predicted octanol–water partition coefficient (Wildman–Crippen LogP) is 0.828. The molecule has 1 aromatic heterocycles. The summed E-state index contributed by atoms with van der Waals surface area (Å²) in [6, 6.07) is 3.05. The van der Waals surface area contributed by atoms with Crippen molar-refractivity contribution >= 4 is 33.2 Å². The molecule has 0 aromatic carbocycles. The Morgan fingerprint density at radius 1 is 1.48 bits per heavy atom. The molecule has 1 atom stereocenters. The van der Waals surface area contributed by atoms with E-state index in [1.54, 1.807) is 16.3 Å². The summed E-state index contributed by atoms with van der Waals surface area (Å²) in [6.07, 6.45) is 2.04. The molecule has 128 valence electrons. The van der Waals surface area contributed by atoms with Crippen molar-refractivity contribution in [1.29, 1.82) is 0 Å². The summed E-state index contributed by atoms with van der Waals surface area (Å²) < 4.78 is 30.8. The first-order chi connectivity index (χ1) is 10.9. The van der Waals surface area contributed by atoms with Crippen LogP contribution in [0, 0.1) is 5.92 Å². The van der Waals surface area contributed by atoms with Gasteiger partial charge in [0.1, 0.15) is 10.8 Å². The normalized spacial score (nSPS) is 18.7. The van der Waals surface area contributed by atoms with Gasteiger partial charge in [0, 0.05) is 13.1 Å². The van der Waals surface area contributed by atoms with E-state index in [0.717, 1.165) is 24.2 Å². The van der Waals surface area contributed by atoms with E-state index in [0.29, 0.717) is 19.0 Å². The predicted molar refractivity (Wildman–Crippen MR) is 85.4 cm³/mol. The number of hydrogen-bond acceptors (Lipinski definition) is 6. The third kappa shape index (κ3) is 5.29. The number of likely N-dealkylation sites (tertiary alicyclic amines) is 1. The van der Waals surface area contributed by atoms with E-state index in [-0.39, 0.29) is 16.7 Å². The molecule has 1 fully saturated rings. The summed E-state index contributed by atoms with van der Waals surface area (Å²) in [7, 11) is -3.71. The average Bonchev–Trinajstić information content (AvgIpc) is 3.06. The van der Waals surface area contributed by atoms with Crippen LogP contribution >= 0.6 is 11.3 Å². The Kier molecular flexibility index (Phi) is 6.14. The summed E-state index contributed by atoms with van der Waals surface area (Å²) in [6.45, 7) is 2.56. The van der Waals surface area contributed by atoms with Gasteiger partial charge in [0.2, 0.25) is 0 Å². The van der Waals surface area contributed by atoms with Gasteiger partial charge in [-0.25, -0.2) is 8.42 Å². The molecule has 0 saturated carbocycles. The van der Waals surface area contributed by atoms with Crippen molar-refractivity contribution in [3.8, 4) is 0 Å². The van der Waals surface area contributed by atoms with Gasteiger partial charge in [-0.3, -0.25) is 9.59 Å². The fourth-order valence-electron chi connectivity index (χ4n) is 2.34. The van der Waals surface area contributed by atoms with E-state index in [2.05, 4.69) is 11.6 Å². The molecule has 1 aromatic rings. The van der Waals surface area contributed by atoms with Crippen LogP contribution in [0.25, 0.3) is 0 Å². The first-order valence-electron chi connectivity index (χ1n) is 7.35. The molecule has 1 saturated heterocycles. The monoisotopic (exact) mass is 360 g/mol. The van der Waals surface area contributed by atoms with Gasteiger partial charge in [0.25, 0.3) is 15.9 Å². The van der Waals surface area contributed by atoms with E-state index in [1.807, 2.05) is 0 Å². The number of carbonyl (C=O) groups is 2. The highest BCUT2D eigenvalue weighted by Crippen LogP contribution is 2.16. The van der Waals surface area contributed by atoms with Crippen molar-refractivity contribution in [2.45, 2.75) is 24.0 Å². The Morgan fingerprint density at radius 2 is 2.26 bits per heavy atom. The van der Waals surface area contributed by atoms with Gasteiger partial charge in [0.15, 0.2) is 6.61 Å². The zero-order chi connectivity index (χ0) is 16.9. The van der Waals surface area contributed by atoms with Crippen LogP contribution in [0.1, 0.15) is 19.8 Å². The van der Waals surface area contributed by atoms with Crippen LogP contribution in [-0.2, 0) is 24.3 Å². The van der Waals surface area contributed by atoms with E-state index in [1.165, 1.54) is 6.07 Å². The molecular weight excluding hydrogens is 340 g/mol. The number of rotatable bonds is 6. The van der Waals surface area contributed by atoms with Gasteiger partial charge in [-0.15, -0.1) is 11.3 Å². The third-order valence-corrected chi connectivity index (χ3v) is 6.33. The third-order valence-electron chi connectivity index (χ3n) is 3.53. The second kappa shape index (κ2) is 7.89. The highest BCUT2D eigenvalue weighted by Gasteiger charge is 2.22. The molecule has 0 radical (unpaired) electrons. The van der Waals surface area contributed by atoms with E-state index >= 15 is 0 Å². The molecule has 7 nitrogen and oxygen atoms in total. The number of amides is 1. The number of sulfonamides is 1. The molecule has 9 heteroatoms. The van der Waals surface area contributed by atoms with Crippen molar-refractivity contribution < 1.29 is 22.7 Å². The molecule has 0 aliphatic carbocycles. The second-order valence-electron chi connectivity index (χ2n) is 5.50. The van der Waals surface area contributed by atoms with Crippen molar-refractivity contribution in [2.75, 3.05) is 26.2 Å². The van der Waals surface area contributed by atoms with Crippen molar-refractivity contribution in [3.63, 3.8) is 0 Å². The number of nitrogens with zero attached hydrogens (tertiary/aromatic N) is 1. The number of nitrogens with one attached hydrogen (secondary N) is 1. The zero-order valence-electron chi connectivity index (χ0n) is 12.9.